The summed E-state index contributed by atoms with van der Waals surface area (Å²) in [6.07, 6.45) is 26.9. The Bertz CT molecular complexity index is 661. The third kappa shape index (κ3) is 9.62. The van der Waals surface area contributed by atoms with Gasteiger partial charge < -0.3 is 4.57 Å². The maximum atomic E-state index is 4.27. The minimum Gasteiger partial charge on any atom is -0.330 e. The van der Waals surface area contributed by atoms with E-state index in [1.807, 2.05) is 12.5 Å². The molecule has 0 fully saturated rings. The smallest absolute Gasteiger partial charge is 0.0951 e. The monoisotopic (exact) mass is 424 g/mol. The zero-order valence-electron chi connectivity index (χ0n) is 20.7. The van der Waals surface area contributed by atoms with Crippen LogP contribution in [0, 0.1) is 0 Å². The van der Waals surface area contributed by atoms with Crippen LogP contribution in [0.15, 0.2) is 43.0 Å². The van der Waals surface area contributed by atoms with Gasteiger partial charge in [-0.1, -0.05) is 129 Å². The Hall–Kier alpha value is -1.57. The Morgan fingerprint density at radius 1 is 0.742 bits per heavy atom. The lowest BCUT2D eigenvalue weighted by atomic mass is 9.87. The van der Waals surface area contributed by atoms with Crippen LogP contribution in [-0.4, -0.2) is 9.55 Å². The van der Waals surface area contributed by atoms with Crippen molar-refractivity contribution in [1.82, 2.24) is 9.55 Å². The van der Waals surface area contributed by atoms with Gasteiger partial charge in [-0.3, -0.25) is 0 Å². The Morgan fingerprint density at radius 3 is 1.81 bits per heavy atom. The quantitative estimate of drug-likeness (QED) is 0.218. The Balaban J connectivity index is 1.61. The molecule has 1 unspecified atom stereocenters. The molecule has 31 heavy (non-hydrogen) atoms. The highest BCUT2D eigenvalue weighted by molar-refractivity contribution is 5.33. The van der Waals surface area contributed by atoms with Crippen LogP contribution in [0.3, 0.4) is 0 Å². The molecule has 0 saturated carbocycles. The fourth-order valence-electron chi connectivity index (χ4n) is 4.93. The summed E-state index contributed by atoms with van der Waals surface area (Å²) >= 11 is 0. The fourth-order valence-corrected chi connectivity index (χ4v) is 4.93. The van der Waals surface area contributed by atoms with Crippen LogP contribution in [0.2, 0.25) is 0 Å². The van der Waals surface area contributed by atoms with Crippen molar-refractivity contribution >= 4 is 0 Å². The molecule has 0 aliphatic heterocycles. The SMILES string of the molecule is CCCCCCCCCCCCCCC[C@H](C)c1ccccc1C(CC)n1ccnc1. The summed E-state index contributed by atoms with van der Waals surface area (Å²) in [5, 5.41) is 0. The molecule has 0 spiro atoms. The molecule has 0 aliphatic carbocycles. The average Bonchev–Trinajstić information content (AvgIpc) is 3.32. The lowest BCUT2D eigenvalue weighted by Crippen LogP contribution is -2.11. The predicted octanol–water partition coefficient (Wildman–Crippen LogP) is 9.47. The largest absolute Gasteiger partial charge is 0.330 e. The van der Waals surface area contributed by atoms with Crippen molar-refractivity contribution in [3.8, 4) is 0 Å². The van der Waals surface area contributed by atoms with Gasteiger partial charge in [-0.25, -0.2) is 4.98 Å². The molecule has 0 aliphatic rings. The van der Waals surface area contributed by atoms with Crippen molar-refractivity contribution in [3.63, 3.8) is 0 Å². The Morgan fingerprint density at radius 2 is 1.29 bits per heavy atom. The lowest BCUT2D eigenvalue weighted by Gasteiger charge is -2.23. The van der Waals surface area contributed by atoms with Crippen LogP contribution >= 0.6 is 0 Å². The van der Waals surface area contributed by atoms with Crippen molar-refractivity contribution < 1.29 is 0 Å². The van der Waals surface area contributed by atoms with Gasteiger partial charge in [-0.05, 0) is 29.9 Å². The van der Waals surface area contributed by atoms with Crippen molar-refractivity contribution in [2.75, 3.05) is 0 Å². The van der Waals surface area contributed by atoms with Crippen molar-refractivity contribution in [1.29, 1.82) is 0 Å². The van der Waals surface area contributed by atoms with Gasteiger partial charge in [0.25, 0.3) is 0 Å². The van der Waals surface area contributed by atoms with E-state index in [4.69, 9.17) is 0 Å². The van der Waals surface area contributed by atoms with Gasteiger partial charge in [0.1, 0.15) is 0 Å². The highest BCUT2D eigenvalue weighted by Crippen LogP contribution is 2.32. The van der Waals surface area contributed by atoms with E-state index in [0.29, 0.717) is 12.0 Å². The molecule has 2 heteroatoms. The van der Waals surface area contributed by atoms with E-state index < -0.39 is 0 Å². The number of aromatic nitrogens is 2. The second-order valence-corrected chi connectivity index (χ2v) is 9.50. The summed E-state index contributed by atoms with van der Waals surface area (Å²) in [5.74, 6) is 0.626. The van der Waals surface area contributed by atoms with Gasteiger partial charge in [0.2, 0.25) is 0 Å². The van der Waals surface area contributed by atoms with E-state index in [2.05, 4.69) is 60.8 Å². The molecule has 0 bridgehead atoms. The van der Waals surface area contributed by atoms with Gasteiger partial charge in [0.15, 0.2) is 0 Å². The first kappa shape index (κ1) is 25.7. The van der Waals surface area contributed by atoms with E-state index in [1.54, 1.807) is 0 Å². The zero-order chi connectivity index (χ0) is 22.2. The summed E-state index contributed by atoms with van der Waals surface area (Å²) in [6.45, 7) is 6.99. The molecule has 174 valence electrons. The number of imidazole rings is 1. The van der Waals surface area contributed by atoms with Gasteiger partial charge in [-0.2, -0.15) is 0 Å². The molecule has 0 N–H and O–H groups in total. The summed E-state index contributed by atoms with van der Waals surface area (Å²) in [6, 6.07) is 9.47. The molecule has 0 radical (unpaired) electrons. The molecule has 2 nitrogen and oxygen atoms in total. The second-order valence-electron chi connectivity index (χ2n) is 9.50. The molecule has 2 atom stereocenters. The Kier molecular flexibility index (Phi) is 13.4. The second kappa shape index (κ2) is 16.1. The lowest BCUT2D eigenvalue weighted by molar-refractivity contribution is 0.519. The summed E-state index contributed by atoms with van der Waals surface area (Å²) in [4.78, 5) is 4.27. The average molecular weight is 425 g/mol. The van der Waals surface area contributed by atoms with E-state index in [-0.39, 0.29) is 0 Å². The van der Waals surface area contributed by atoms with Gasteiger partial charge in [-0.15, -0.1) is 0 Å². The van der Waals surface area contributed by atoms with Gasteiger partial charge in [0, 0.05) is 12.4 Å². The van der Waals surface area contributed by atoms with Crippen LogP contribution in [0.1, 0.15) is 140 Å². The van der Waals surface area contributed by atoms with Crippen LogP contribution in [0.5, 0.6) is 0 Å². The number of nitrogens with zero attached hydrogens (tertiary/aromatic N) is 2. The summed E-state index contributed by atoms with van der Waals surface area (Å²) < 4.78 is 2.26. The van der Waals surface area contributed by atoms with Crippen molar-refractivity contribution in [3.05, 3.63) is 54.1 Å². The highest BCUT2D eigenvalue weighted by atomic mass is 15.0. The third-order valence-electron chi connectivity index (χ3n) is 6.90. The van der Waals surface area contributed by atoms with Gasteiger partial charge >= 0.3 is 0 Å². The minimum absolute atomic E-state index is 0.396. The predicted molar refractivity (Wildman–Crippen MR) is 136 cm³/mol. The highest BCUT2D eigenvalue weighted by Gasteiger charge is 2.18. The van der Waals surface area contributed by atoms with Gasteiger partial charge in [0.05, 0.1) is 12.4 Å². The molecule has 2 aromatic rings. The van der Waals surface area contributed by atoms with Crippen molar-refractivity contribution in [2.24, 2.45) is 0 Å². The van der Waals surface area contributed by atoms with Crippen LogP contribution in [-0.2, 0) is 0 Å². The molecule has 1 aromatic heterocycles. The first-order valence-corrected chi connectivity index (χ1v) is 13.3. The number of rotatable bonds is 18. The van der Waals surface area contributed by atoms with Crippen LogP contribution in [0.4, 0.5) is 0 Å². The normalized spacial score (nSPS) is 13.4. The van der Waals surface area contributed by atoms with E-state index in [1.165, 1.54) is 101 Å². The first-order chi connectivity index (χ1) is 15.3. The fraction of sp³-hybridized carbons (Fsp3) is 0.690. The zero-order valence-corrected chi connectivity index (χ0v) is 20.7. The Labute approximate surface area is 192 Å². The molecule has 2 rings (SSSR count). The molecule has 1 heterocycles. The number of benzene rings is 1. The molecule has 1 aromatic carbocycles. The number of unbranched alkanes of at least 4 members (excludes halogenated alkanes) is 12. The topological polar surface area (TPSA) is 17.8 Å². The van der Waals surface area contributed by atoms with Crippen LogP contribution in [0.25, 0.3) is 0 Å². The maximum Gasteiger partial charge on any atom is 0.0951 e. The first-order valence-electron chi connectivity index (χ1n) is 13.3. The summed E-state index contributed by atoms with van der Waals surface area (Å²) in [5.41, 5.74) is 3.01. The van der Waals surface area contributed by atoms with Crippen LogP contribution < -0.4 is 0 Å². The summed E-state index contributed by atoms with van der Waals surface area (Å²) in [7, 11) is 0. The number of hydrogen-bond acceptors (Lipinski definition) is 1. The molecule has 0 amide bonds. The molecular weight excluding hydrogens is 376 g/mol. The number of hydrogen-bond donors (Lipinski definition) is 0. The minimum atomic E-state index is 0.396. The molecular formula is C29H48N2. The van der Waals surface area contributed by atoms with E-state index >= 15 is 0 Å². The third-order valence-corrected chi connectivity index (χ3v) is 6.90. The standard InChI is InChI=1S/C29H48N2/c1-4-6-7-8-9-10-11-12-13-14-15-16-17-20-26(3)27-21-18-19-22-28(27)29(5-2)31-24-23-30-25-31/h18-19,21-26,29H,4-17,20H2,1-3H3/t26-,29?/m0/s1. The van der Waals surface area contributed by atoms with Crippen molar-refractivity contribution in [2.45, 2.75) is 129 Å². The van der Waals surface area contributed by atoms with E-state index in [0.717, 1.165) is 6.42 Å². The van der Waals surface area contributed by atoms with E-state index in [9.17, 15) is 0 Å². The molecule has 0 saturated heterocycles. The maximum absolute atomic E-state index is 4.27.